The molecule has 0 aliphatic carbocycles. The molecule has 0 unspecified atom stereocenters. The monoisotopic (exact) mass is 280 g/mol. The van der Waals surface area contributed by atoms with E-state index in [1.807, 2.05) is 6.07 Å². The Hall–Kier alpha value is -1.40. The van der Waals surface area contributed by atoms with Gasteiger partial charge in [0.15, 0.2) is 0 Å². The summed E-state index contributed by atoms with van der Waals surface area (Å²) in [5.74, 6) is -0.280. The summed E-state index contributed by atoms with van der Waals surface area (Å²) in [7, 11) is 0. The highest BCUT2D eigenvalue weighted by atomic mass is 32.2. The standard InChI is InChI=1S/C12H11NO3S2/c14-11(13-8-4-2-1-3-5-8)9-10(12(15)16)18-7-6-17-9/h1-5H,6-7H2,(H,13,14)(H,15,16)/p-1. The van der Waals surface area contributed by atoms with E-state index in [-0.39, 0.29) is 9.81 Å². The molecular formula is C12H10NO3S2-. The van der Waals surface area contributed by atoms with Crippen molar-refractivity contribution in [2.24, 2.45) is 0 Å². The normalized spacial score (nSPS) is 15.3. The van der Waals surface area contributed by atoms with Gasteiger partial charge in [0, 0.05) is 22.1 Å². The minimum Gasteiger partial charge on any atom is -0.544 e. The summed E-state index contributed by atoms with van der Waals surface area (Å²) in [6.07, 6.45) is 0. The van der Waals surface area contributed by atoms with E-state index >= 15 is 0 Å². The van der Waals surface area contributed by atoms with E-state index in [0.717, 1.165) is 17.5 Å². The van der Waals surface area contributed by atoms with Crippen molar-refractivity contribution in [1.29, 1.82) is 0 Å². The highest BCUT2D eigenvalue weighted by molar-refractivity contribution is 8.11. The fourth-order valence-corrected chi connectivity index (χ4v) is 3.61. The largest absolute Gasteiger partial charge is 0.544 e. The Morgan fingerprint density at radius 2 is 1.67 bits per heavy atom. The topological polar surface area (TPSA) is 69.2 Å². The smallest absolute Gasteiger partial charge is 0.263 e. The first-order chi connectivity index (χ1) is 8.68. The number of anilines is 1. The molecule has 2 rings (SSSR count). The second kappa shape index (κ2) is 5.97. The van der Waals surface area contributed by atoms with Crippen LogP contribution in [0.15, 0.2) is 40.1 Å². The quantitative estimate of drug-likeness (QED) is 0.897. The number of benzene rings is 1. The second-order valence-electron chi connectivity index (χ2n) is 3.46. The third kappa shape index (κ3) is 3.08. The lowest BCUT2D eigenvalue weighted by molar-refractivity contribution is -0.298. The number of para-hydroxylation sites is 1. The van der Waals surface area contributed by atoms with Crippen molar-refractivity contribution in [3.05, 3.63) is 40.1 Å². The average molecular weight is 280 g/mol. The molecule has 1 aromatic carbocycles. The maximum absolute atomic E-state index is 12.0. The van der Waals surface area contributed by atoms with Gasteiger partial charge >= 0.3 is 0 Å². The fraction of sp³-hybridized carbons (Fsp3) is 0.167. The lowest BCUT2D eigenvalue weighted by Crippen LogP contribution is -2.28. The molecule has 0 aromatic heterocycles. The van der Waals surface area contributed by atoms with Crippen molar-refractivity contribution in [3.8, 4) is 0 Å². The molecule has 4 nitrogen and oxygen atoms in total. The number of carbonyl (C=O) groups excluding carboxylic acids is 2. The Balaban J connectivity index is 2.19. The van der Waals surface area contributed by atoms with Crippen LogP contribution < -0.4 is 10.4 Å². The molecule has 94 valence electrons. The van der Waals surface area contributed by atoms with Gasteiger partial charge in [-0.25, -0.2) is 0 Å². The Labute approximate surface area is 113 Å². The van der Waals surface area contributed by atoms with Gasteiger partial charge in [0.1, 0.15) is 0 Å². The van der Waals surface area contributed by atoms with Crippen LogP contribution >= 0.6 is 23.5 Å². The van der Waals surface area contributed by atoms with Crippen LogP contribution in [0, 0.1) is 0 Å². The van der Waals surface area contributed by atoms with Crippen LogP contribution in [0.4, 0.5) is 5.69 Å². The van der Waals surface area contributed by atoms with Crippen molar-refractivity contribution in [3.63, 3.8) is 0 Å². The number of carboxylic acid groups (broad SMARTS) is 1. The van der Waals surface area contributed by atoms with E-state index in [1.165, 1.54) is 11.8 Å². The van der Waals surface area contributed by atoms with Gasteiger partial charge in [0.05, 0.1) is 10.9 Å². The van der Waals surface area contributed by atoms with Crippen LogP contribution in [0.5, 0.6) is 0 Å². The summed E-state index contributed by atoms with van der Waals surface area (Å²) in [6, 6.07) is 8.93. The van der Waals surface area contributed by atoms with E-state index in [0.29, 0.717) is 11.4 Å². The average Bonchev–Trinajstić information content (AvgIpc) is 2.40. The summed E-state index contributed by atoms with van der Waals surface area (Å²) in [6.45, 7) is 0. The van der Waals surface area contributed by atoms with Gasteiger partial charge in [-0.3, -0.25) is 4.79 Å². The summed E-state index contributed by atoms with van der Waals surface area (Å²) in [5.41, 5.74) is 0.642. The molecule has 1 heterocycles. The molecule has 0 saturated heterocycles. The zero-order chi connectivity index (χ0) is 13.0. The van der Waals surface area contributed by atoms with E-state index in [9.17, 15) is 14.7 Å². The number of nitrogens with one attached hydrogen (secondary N) is 1. The van der Waals surface area contributed by atoms with Gasteiger partial charge in [-0.2, -0.15) is 0 Å². The minimum absolute atomic E-state index is 0.0275. The molecule has 0 atom stereocenters. The number of thioether (sulfide) groups is 2. The van der Waals surface area contributed by atoms with Gasteiger partial charge in [0.25, 0.3) is 5.91 Å². The zero-order valence-electron chi connectivity index (χ0n) is 9.34. The van der Waals surface area contributed by atoms with E-state index in [1.54, 1.807) is 24.3 Å². The van der Waals surface area contributed by atoms with Crippen molar-refractivity contribution >= 4 is 41.1 Å². The number of hydrogen-bond acceptors (Lipinski definition) is 5. The van der Waals surface area contributed by atoms with Crippen molar-refractivity contribution < 1.29 is 14.7 Å². The molecule has 0 fully saturated rings. The summed E-state index contributed by atoms with van der Waals surface area (Å²) >= 11 is 2.41. The van der Waals surface area contributed by atoms with Crippen LogP contribution in [0.3, 0.4) is 0 Å². The number of aliphatic carboxylic acids is 1. The van der Waals surface area contributed by atoms with E-state index in [4.69, 9.17) is 0 Å². The number of carboxylic acids is 1. The molecule has 0 saturated carbocycles. The zero-order valence-corrected chi connectivity index (χ0v) is 11.0. The highest BCUT2D eigenvalue weighted by Gasteiger charge is 2.21. The summed E-state index contributed by atoms with van der Waals surface area (Å²) < 4.78 is 0. The molecule has 18 heavy (non-hydrogen) atoms. The lowest BCUT2D eigenvalue weighted by Gasteiger charge is -2.19. The van der Waals surface area contributed by atoms with Crippen molar-refractivity contribution in [1.82, 2.24) is 0 Å². The Kier molecular flexibility index (Phi) is 4.33. The molecule has 1 N–H and O–H groups in total. The van der Waals surface area contributed by atoms with Crippen LogP contribution in [0.2, 0.25) is 0 Å². The third-order valence-corrected chi connectivity index (χ3v) is 4.75. The Morgan fingerprint density at radius 3 is 2.28 bits per heavy atom. The summed E-state index contributed by atoms with van der Waals surface area (Å²) in [4.78, 5) is 23.2. The number of rotatable bonds is 3. The molecule has 1 aromatic rings. The van der Waals surface area contributed by atoms with Crippen LogP contribution in [0.25, 0.3) is 0 Å². The van der Waals surface area contributed by atoms with Gasteiger partial charge < -0.3 is 15.2 Å². The van der Waals surface area contributed by atoms with Gasteiger partial charge in [-0.1, -0.05) is 18.2 Å². The molecule has 0 bridgehead atoms. The fourth-order valence-electron chi connectivity index (χ4n) is 1.45. The van der Waals surface area contributed by atoms with E-state index in [2.05, 4.69) is 5.32 Å². The third-order valence-electron chi connectivity index (χ3n) is 2.21. The Bertz CT molecular complexity index is 499. The molecule has 1 aliphatic heterocycles. The molecule has 1 amide bonds. The van der Waals surface area contributed by atoms with Gasteiger partial charge in [-0.05, 0) is 12.1 Å². The molecule has 1 aliphatic rings. The second-order valence-corrected chi connectivity index (χ2v) is 5.67. The van der Waals surface area contributed by atoms with Gasteiger partial charge in [0.2, 0.25) is 0 Å². The first-order valence-electron chi connectivity index (χ1n) is 5.26. The SMILES string of the molecule is O=C([O-])C1=C(C(=O)Nc2ccccc2)SCCS1. The van der Waals surface area contributed by atoms with Crippen LogP contribution in [-0.2, 0) is 9.59 Å². The first-order valence-corrected chi connectivity index (χ1v) is 7.23. The number of carbonyl (C=O) groups is 2. The van der Waals surface area contributed by atoms with E-state index < -0.39 is 11.9 Å². The number of hydrogen-bond donors (Lipinski definition) is 1. The van der Waals surface area contributed by atoms with Crippen LogP contribution in [-0.4, -0.2) is 23.4 Å². The van der Waals surface area contributed by atoms with Crippen LogP contribution in [0.1, 0.15) is 0 Å². The molecule has 0 spiro atoms. The number of amides is 1. The summed E-state index contributed by atoms with van der Waals surface area (Å²) in [5, 5.41) is 13.6. The predicted octanol–water partition coefficient (Wildman–Crippen LogP) is 1.07. The maximum Gasteiger partial charge on any atom is 0.263 e. The maximum atomic E-state index is 12.0. The van der Waals surface area contributed by atoms with Crippen molar-refractivity contribution in [2.45, 2.75) is 0 Å². The molecule has 0 radical (unpaired) electrons. The van der Waals surface area contributed by atoms with Gasteiger partial charge in [-0.15, -0.1) is 23.5 Å². The van der Waals surface area contributed by atoms with Crippen molar-refractivity contribution in [2.75, 3.05) is 16.8 Å². The molecule has 6 heteroatoms. The highest BCUT2D eigenvalue weighted by Crippen LogP contribution is 2.34. The Morgan fingerprint density at radius 1 is 1.06 bits per heavy atom. The lowest BCUT2D eigenvalue weighted by atomic mass is 10.3. The first kappa shape index (κ1) is 13.0. The minimum atomic E-state index is -1.29. The molecular weight excluding hydrogens is 270 g/mol. The predicted molar refractivity (Wildman–Crippen MR) is 72.0 cm³/mol.